The van der Waals surface area contributed by atoms with Crippen molar-refractivity contribution in [3.8, 4) is 0 Å². The number of anilines is 1. The normalized spacial score (nSPS) is 16.6. The number of hydrogen-bond acceptors (Lipinski definition) is 3. The minimum Gasteiger partial charge on any atom is -0.338 e. The van der Waals surface area contributed by atoms with E-state index < -0.39 is 0 Å². The molecule has 150 valence electrons. The van der Waals surface area contributed by atoms with Gasteiger partial charge in [-0.2, -0.15) is 0 Å². The maximum absolute atomic E-state index is 12.9. The number of fused-ring (bicyclic) bond motifs is 1. The smallest absolute Gasteiger partial charge is 0.232 e. The molecule has 3 aromatic rings. The Bertz CT molecular complexity index is 1040. The molecule has 0 saturated carbocycles. The van der Waals surface area contributed by atoms with Crippen molar-refractivity contribution in [1.29, 1.82) is 0 Å². The Morgan fingerprint density at radius 3 is 2.69 bits per heavy atom. The number of carbonyl (C=O) groups is 2. The van der Waals surface area contributed by atoms with E-state index in [1.54, 1.807) is 4.90 Å². The van der Waals surface area contributed by atoms with Crippen LogP contribution in [0.15, 0.2) is 48.5 Å². The first-order valence-corrected chi connectivity index (χ1v) is 10.1. The monoisotopic (exact) mass is 390 g/mol. The quantitative estimate of drug-likeness (QED) is 0.697. The number of carbonyl (C=O) groups excluding carboxylic acids is 2. The Morgan fingerprint density at radius 2 is 1.93 bits per heavy atom. The summed E-state index contributed by atoms with van der Waals surface area (Å²) in [7, 11) is 0. The van der Waals surface area contributed by atoms with Crippen molar-refractivity contribution < 1.29 is 9.59 Å². The molecule has 0 aliphatic carbocycles. The van der Waals surface area contributed by atoms with Crippen LogP contribution in [0.4, 0.5) is 5.95 Å². The zero-order valence-corrected chi connectivity index (χ0v) is 16.9. The van der Waals surface area contributed by atoms with Gasteiger partial charge in [0.15, 0.2) is 0 Å². The first-order valence-electron chi connectivity index (χ1n) is 10.1. The fourth-order valence-corrected chi connectivity index (χ4v) is 3.85. The van der Waals surface area contributed by atoms with Crippen molar-refractivity contribution in [2.75, 3.05) is 11.9 Å². The largest absolute Gasteiger partial charge is 0.338 e. The highest BCUT2D eigenvalue weighted by Gasteiger charge is 2.34. The van der Waals surface area contributed by atoms with Crippen molar-refractivity contribution in [3.05, 3.63) is 59.7 Å². The van der Waals surface area contributed by atoms with Crippen molar-refractivity contribution in [3.63, 3.8) is 0 Å². The van der Waals surface area contributed by atoms with Gasteiger partial charge in [0.1, 0.15) is 0 Å². The lowest BCUT2D eigenvalue weighted by atomic mass is 10.1. The number of aryl methyl sites for hydroxylation is 2. The molecule has 29 heavy (non-hydrogen) atoms. The highest BCUT2D eigenvalue weighted by Crippen LogP contribution is 2.24. The van der Waals surface area contributed by atoms with Gasteiger partial charge in [0.25, 0.3) is 0 Å². The predicted molar refractivity (Wildman–Crippen MR) is 113 cm³/mol. The van der Waals surface area contributed by atoms with E-state index in [9.17, 15) is 9.59 Å². The molecule has 1 aliphatic rings. The number of para-hydroxylation sites is 2. The summed E-state index contributed by atoms with van der Waals surface area (Å²) in [5, 5.41) is 2.97. The van der Waals surface area contributed by atoms with Gasteiger partial charge in [-0.15, -0.1) is 0 Å². The topological polar surface area (TPSA) is 67.2 Å². The van der Waals surface area contributed by atoms with Crippen molar-refractivity contribution in [2.45, 2.75) is 39.8 Å². The molecule has 2 aromatic carbocycles. The van der Waals surface area contributed by atoms with Crippen LogP contribution in [-0.2, 0) is 22.7 Å². The van der Waals surface area contributed by atoms with Crippen LogP contribution in [0.5, 0.6) is 0 Å². The molecule has 2 amide bonds. The van der Waals surface area contributed by atoms with Crippen molar-refractivity contribution >= 4 is 28.8 Å². The minimum absolute atomic E-state index is 0.0211. The highest BCUT2D eigenvalue weighted by molar-refractivity contribution is 5.97. The summed E-state index contributed by atoms with van der Waals surface area (Å²) in [6, 6.07) is 16.0. The molecule has 0 radical (unpaired) electrons. The number of aromatic nitrogens is 2. The second-order valence-electron chi connectivity index (χ2n) is 7.73. The maximum atomic E-state index is 12.9. The fraction of sp³-hybridized carbons (Fsp3) is 0.348. The Balaban J connectivity index is 1.46. The van der Waals surface area contributed by atoms with Crippen LogP contribution in [0, 0.1) is 12.8 Å². The van der Waals surface area contributed by atoms with Crippen LogP contribution < -0.4 is 5.32 Å². The van der Waals surface area contributed by atoms with Gasteiger partial charge < -0.3 is 9.47 Å². The fourth-order valence-electron chi connectivity index (χ4n) is 3.85. The summed E-state index contributed by atoms with van der Waals surface area (Å²) in [6.07, 6.45) is 1.18. The van der Waals surface area contributed by atoms with Gasteiger partial charge in [-0.1, -0.05) is 48.9 Å². The minimum atomic E-state index is -0.358. The number of hydrogen-bond donors (Lipinski definition) is 1. The SMILES string of the molecule is CCCn1c(NC(=O)C2CC(=O)N(Cc3ccc(C)cc3)C2)nc2ccccc21. The molecule has 0 bridgehead atoms. The third-order valence-corrected chi connectivity index (χ3v) is 5.42. The summed E-state index contributed by atoms with van der Waals surface area (Å²) < 4.78 is 2.04. The van der Waals surface area contributed by atoms with E-state index in [0.717, 1.165) is 29.6 Å². The van der Waals surface area contributed by atoms with Crippen molar-refractivity contribution in [2.24, 2.45) is 5.92 Å². The van der Waals surface area contributed by atoms with E-state index in [1.807, 2.05) is 60.0 Å². The van der Waals surface area contributed by atoms with Gasteiger partial charge in [-0.25, -0.2) is 4.98 Å². The van der Waals surface area contributed by atoms with Gasteiger partial charge in [0, 0.05) is 26.1 Å². The lowest BCUT2D eigenvalue weighted by Gasteiger charge is -2.17. The van der Waals surface area contributed by atoms with E-state index in [-0.39, 0.29) is 24.2 Å². The molecular formula is C23H26N4O2. The summed E-state index contributed by atoms with van der Waals surface area (Å²) >= 11 is 0. The van der Waals surface area contributed by atoms with Gasteiger partial charge in [0.2, 0.25) is 17.8 Å². The Hall–Kier alpha value is -3.15. The zero-order chi connectivity index (χ0) is 20.4. The van der Waals surface area contributed by atoms with Gasteiger partial charge in [-0.05, 0) is 31.0 Å². The summed E-state index contributed by atoms with van der Waals surface area (Å²) in [5.41, 5.74) is 4.14. The number of amides is 2. The van der Waals surface area contributed by atoms with Crippen molar-refractivity contribution in [1.82, 2.24) is 14.5 Å². The number of nitrogens with one attached hydrogen (secondary N) is 1. The van der Waals surface area contributed by atoms with E-state index in [0.29, 0.717) is 19.0 Å². The summed E-state index contributed by atoms with van der Waals surface area (Å²) in [6.45, 7) is 5.89. The molecular weight excluding hydrogens is 364 g/mol. The molecule has 6 nitrogen and oxygen atoms in total. The standard InChI is InChI=1S/C23H26N4O2/c1-3-12-27-20-7-5-4-6-19(20)24-23(27)25-22(29)18-13-21(28)26(15-18)14-17-10-8-16(2)9-11-17/h4-11,18H,3,12-15H2,1-2H3,(H,24,25,29). The van der Waals surface area contributed by atoms with Crippen LogP contribution in [0.25, 0.3) is 11.0 Å². The summed E-state index contributed by atoms with van der Waals surface area (Å²) in [5.74, 6) is 0.0792. The maximum Gasteiger partial charge on any atom is 0.232 e. The molecule has 1 fully saturated rings. The molecule has 2 heterocycles. The average Bonchev–Trinajstić information content (AvgIpc) is 3.25. The molecule has 4 rings (SSSR count). The number of nitrogens with zero attached hydrogens (tertiary/aromatic N) is 3. The molecule has 1 aromatic heterocycles. The van der Waals surface area contributed by atoms with Crippen LogP contribution in [0.3, 0.4) is 0 Å². The van der Waals surface area contributed by atoms with Gasteiger partial charge in [0.05, 0.1) is 17.0 Å². The molecule has 6 heteroatoms. The molecule has 1 saturated heterocycles. The lowest BCUT2D eigenvalue weighted by molar-refractivity contribution is -0.128. The van der Waals surface area contributed by atoms with Gasteiger partial charge >= 0.3 is 0 Å². The van der Waals surface area contributed by atoms with E-state index in [2.05, 4.69) is 17.2 Å². The first kappa shape index (κ1) is 19.2. The van der Waals surface area contributed by atoms with Crippen LogP contribution in [0.2, 0.25) is 0 Å². The van der Waals surface area contributed by atoms with E-state index >= 15 is 0 Å². The summed E-state index contributed by atoms with van der Waals surface area (Å²) in [4.78, 5) is 31.7. The zero-order valence-electron chi connectivity index (χ0n) is 16.9. The molecule has 1 atom stereocenters. The third-order valence-electron chi connectivity index (χ3n) is 5.42. The van der Waals surface area contributed by atoms with Crippen LogP contribution in [0.1, 0.15) is 30.9 Å². The Labute approximate surface area is 170 Å². The van der Waals surface area contributed by atoms with E-state index in [4.69, 9.17) is 0 Å². The van der Waals surface area contributed by atoms with Gasteiger partial charge in [-0.3, -0.25) is 14.9 Å². The van der Waals surface area contributed by atoms with E-state index in [1.165, 1.54) is 5.56 Å². The first-order chi connectivity index (χ1) is 14.0. The average molecular weight is 390 g/mol. The molecule has 1 N–H and O–H groups in total. The highest BCUT2D eigenvalue weighted by atomic mass is 16.2. The number of likely N-dealkylation sites (tertiary alicyclic amines) is 1. The van der Waals surface area contributed by atoms with Crippen LogP contribution in [-0.4, -0.2) is 32.8 Å². The Kier molecular flexibility index (Phi) is 5.34. The molecule has 1 aliphatic heterocycles. The Morgan fingerprint density at radius 1 is 1.17 bits per heavy atom. The third kappa shape index (κ3) is 4.01. The predicted octanol–water partition coefficient (Wildman–Crippen LogP) is 3.74. The number of imidazole rings is 1. The second kappa shape index (κ2) is 8.07. The molecule has 0 spiro atoms. The molecule has 1 unspecified atom stereocenters. The number of rotatable bonds is 6. The second-order valence-corrected chi connectivity index (χ2v) is 7.73. The lowest BCUT2D eigenvalue weighted by Crippen LogP contribution is -2.28. The van der Waals surface area contributed by atoms with Crippen LogP contribution >= 0.6 is 0 Å². The number of benzene rings is 2.